The lowest BCUT2D eigenvalue weighted by Crippen LogP contribution is -2.40. The molecule has 1 saturated carbocycles. The predicted octanol–water partition coefficient (Wildman–Crippen LogP) is 3.14. The molecule has 3 nitrogen and oxygen atoms in total. The molecule has 2 rings (SSSR count). The summed E-state index contributed by atoms with van der Waals surface area (Å²) in [5, 5.41) is 20.5. The van der Waals surface area contributed by atoms with Gasteiger partial charge in [0.25, 0.3) is 0 Å². The van der Waals surface area contributed by atoms with Crippen molar-refractivity contribution in [3.05, 3.63) is 21.9 Å². The fourth-order valence-electron chi connectivity index (χ4n) is 2.85. The van der Waals surface area contributed by atoms with Crippen molar-refractivity contribution < 1.29 is 5.11 Å². The zero-order valence-electron chi connectivity index (χ0n) is 11.5. The number of hydrogen-bond acceptors (Lipinski definition) is 4. The van der Waals surface area contributed by atoms with Crippen molar-refractivity contribution in [3.8, 4) is 6.07 Å². The highest BCUT2D eigenvalue weighted by Crippen LogP contribution is 2.25. The second-order valence-electron chi connectivity index (χ2n) is 5.48. The van der Waals surface area contributed by atoms with Crippen LogP contribution in [-0.4, -0.2) is 28.7 Å². The van der Waals surface area contributed by atoms with E-state index in [0.717, 1.165) is 18.7 Å². The average Bonchev–Trinajstić information content (AvgIpc) is 2.86. The molecule has 1 heterocycles. The average molecular weight is 278 g/mol. The summed E-state index contributed by atoms with van der Waals surface area (Å²) in [4.78, 5) is 3.62. The molecule has 0 aliphatic heterocycles. The molecule has 104 valence electrons. The molecule has 0 radical (unpaired) electrons. The van der Waals surface area contributed by atoms with Crippen molar-refractivity contribution in [3.63, 3.8) is 0 Å². The summed E-state index contributed by atoms with van der Waals surface area (Å²) < 4.78 is 0. The van der Waals surface area contributed by atoms with E-state index < -0.39 is 0 Å². The van der Waals surface area contributed by atoms with Gasteiger partial charge in [-0.2, -0.15) is 5.26 Å². The van der Waals surface area contributed by atoms with Crippen molar-refractivity contribution in [1.29, 1.82) is 5.26 Å². The van der Waals surface area contributed by atoms with E-state index >= 15 is 0 Å². The molecular weight excluding hydrogens is 256 g/mol. The lowest BCUT2D eigenvalue weighted by atomic mass is 9.94. The van der Waals surface area contributed by atoms with Crippen molar-refractivity contribution in [2.24, 2.45) is 0 Å². The first-order chi connectivity index (χ1) is 9.19. The molecule has 1 N–H and O–H groups in total. The zero-order chi connectivity index (χ0) is 13.7. The Balaban J connectivity index is 2.02. The molecule has 1 unspecified atom stereocenters. The highest BCUT2D eigenvalue weighted by atomic mass is 32.1. The molecule has 4 heteroatoms. The summed E-state index contributed by atoms with van der Waals surface area (Å²) in [5.74, 6) is 0. The molecular formula is C15H22N2OS. The molecule has 1 fully saturated rings. The maximum absolute atomic E-state index is 9.69. The van der Waals surface area contributed by atoms with Gasteiger partial charge in [-0.05, 0) is 25.8 Å². The van der Waals surface area contributed by atoms with Crippen LogP contribution in [0.4, 0.5) is 0 Å². The third kappa shape index (κ3) is 4.31. The monoisotopic (exact) mass is 278 g/mol. The molecule has 1 aliphatic carbocycles. The molecule has 19 heavy (non-hydrogen) atoms. The SMILES string of the molecule is CC(O)CN(Cc1cc(C#N)cs1)C1CCCCC1. The minimum absolute atomic E-state index is 0.294. The summed E-state index contributed by atoms with van der Waals surface area (Å²) in [5.41, 5.74) is 0.751. The van der Waals surface area contributed by atoms with E-state index in [1.54, 1.807) is 11.3 Å². The Bertz CT molecular complexity index is 430. The summed E-state index contributed by atoms with van der Waals surface area (Å²) in [6.07, 6.45) is 6.13. The summed E-state index contributed by atoms with van der Waals surface area (Å²) in [7, 11) is 0. The minimum Gasteiger partial charge on any atom is -0.392 e. The summed E-state index contributed by atoms with van der Waals surface area (Å²) >= 11 is 1.65. The molecule has 1 aromatic heterocycles. The number of aliphatic hydroxyl groups is 1. The van der Waals surface area contributed by atoms with Gasteiger partial charge < -0.3 is 5.11 Å². The van der Waals surface area contributed by atoms with E-state index in [2.05, 4.69) is 11.0 Å². The fraction of sp³-hybridized carbons (Fsp3) is 0.667. The Hall–Kier alpha value is -0.890. The van der Waals surface area contributed by atoms with Gasteiger partial charge in [0.2, 0.25) is 0 Å². The van der Waals surface area contributed by atoms with E-state index in [1.807, 2.05) is 18.4 Å². The van der Waals surface area contributed by atoms with Gasteiger partial charge >= 0.3 is 0 Å². The zero-order valence-corrected chi connectivity index (χ0v) is 12.3. The Labute approximate surface area is 119 Å². The first-order valence-electron chi connectivity index (χ1n) is 7.08. The van der Waals surface area contributed by atoms with Crippen LogP contribution in [0.1, 0.15) is 49.5 Å². The fourth-order valence-corrected chi connectivity index (χ4v) is 3.69. The van der Waals surface area contributed by atoms with Gasteiger partial charge in [-0.15, -0.1) is 11.3 Å². The van der Waals surface area contributed by atoms with Crippen LogP contribution < -0.4 is 0 Å². The second-order valence-corrected chi connectivity index (χ2v) is 6.48. The van der Waals surface area contributed by atoms with E-state index in [9.17, 15) is 5.11 Å². The maximum Gasteiger partial charge on any atom is 0.100 e. The Morgan fingerprint density at radius 1 is 1.47 bits per heavy atom. The van der Waals surface area contributed by atoms with Crippen molar-refractivity contribution >= 4 is 11.3 Å². The van der Waals surface area contributed by atoms with Gasteiger partial charge in [-0.3, -0.25) is 4.90 Å². The van der Waals surface area contributed by atoms with E-state index in [-0.39, 0.29) is 6.10 Å². The van der Waals surface area contributed by atoms with Crippen LogP contribution in [0, 0.1) is 11.3 Å². The van der Waals surface area contributed by atoms with Crippen LogP contribution >= 0.6 is 11.3 Å². The standard InChI is InChI=1S/C15H22N2OS/c1-12(18)9-17(14-5-3-2-4-6-14)10-15-7-13(8-16)11-19-15/h7,11-12,14,18H,2-6,9-10H2,1H3. The van der Waals surface area contributed by atoms with E-state index in [4.69, 9.17) is 5.26 Å². The van der Waals surface area contributed by atoms with Crippen LogP contribution in [0.3, 0.4) is 0 Å². The first kappa shape index (κ1) is 14.5. The molecule has 0 bridgehead atoms. The third-order valence-corrected chi connectivity index (χ3v) is 4.65. The van der Waals surface area contributed by atoms with Gasteiger partial charge in [0, 0.05) is 29.4 Å². The Morgan fingerprint density at radius 2 is 2.21 bits per heavy atom. The van der Waals surface area contributed by atoms with Gasteiger partial charge in [0.05, 0.1) is 11.7 Å². The molecule has 0 amide bonds. The van der Waals surface area contributed by atoms with Crippen molar-refractivity contribution in [1.82, 2.24) is 4.90 Å². The minimum atomic E-state index is -0.294. The Kier molecular flexibility index (Phi) is 5.38. The van der Waals surface area contributed by atoms with Crippen LogP contribution in [-0.2, 0) is 6.54 Å². The molecule has 0 spiro atoms. The smallest absolute Gasteiger partial charge is 0.100 e. The lowest BCUT2D eigenvalue weighted by molar-refractivity contribution is 0.0776. The van der Waals surface area contributed by atoms with Crippen LogP contribution in [0.15, 0.2) is 11.4 Å². The maximum atomic E-state index is 9.69. The number of nitriles is 1. The van der Waals surface area contributed by atoms with Crippen molar-refractivity contribution in [2.75, 3.05) is 6.54 Å². The molecule has 1 atom stereocenters. The normalized spacial score (nSPS) is 18.4. The molecule has 1 aliphatic rings. The molecule has 0 aromatic carbocycles. The number of hydrogen-bond donors (Lipinski definition) is 1. The predicted molar refractivity (Wildman–Crippen MR) is 78.0 cm³/mol. The topological polar surface area (TPSA) is 47.3 Å². The summed E-state index contributed by atoms with van der Waals surface area (Å²) in [6.45, 7) is 3.44. The third-order valence-electron chi connectivity index (χ3n) is 3.73. The molecule has 1 aromatic rings. The Morgan fingerprint density at radius 3 is 2.79 bits per heavy atom. The first-order valence-corrected chi connectivity index (χ1v) is 7.96. The number of thiophene rings is 1. The second kappa shape index (κ2) is 7.04. The van der Waals surface area contributed by atoms with Gasteiger partial charge in [-0.25, -0.2) is 0 Å². The van der Waals surface area contributed by atoms with Crippen LogP contribution in [0.2, 0.25) is 0 Å². The summed E-state index contributed by atoms with van der Waals surface area (Å²) in [6, 6.07) is 4.75. The highest BCUT2D eigenvalue weighted by Gasteiger charge is 2.22. The van der Waals surface area contributed by atoms with E-state index in [0.29, 0.717) is 6.04 Å². The molecule has 0 saturated heterocycles. The largest absolute Gasteiger partial charge is 0.392 e. The van der Waals surface area contributed by atoms with Crippen LogP contribution in [0.25, 0.3) is 0 Å². The van der Waals surface area contributed by atoms with Crippen molar-refractivity contribution in [2.45, 2.75) is 57.7 Å². The number of rotatable bonds is 5. The van der Waals surface area contributed by atoms with Gasteiger partial charge in [0.1, 0.15) is 6.07 Å². The van der Waals surface area contributed by atoms with Gasteiger partial charge in [-0.1, -0.05) is 19.3 Å². The number of nitrogens with zero attached hydrogens (tertiary/aromatic N) is 2. The number of aliphatic hydroxyl groups excluding tert-OH is 1. The quantitative estimate of drug-likeness (QED) is 0.900. The highest BCUT2D eigenvalue weighted by molar-refractivity contribution is 7.10. The van der Waals surface area contributed by atoms with Crippen LogP contribution in [0.5, 0.6) is 0 Å². The van der Waals surface area contributed by atoms with Gasteiger partial charge in [0.15, 0.2) is 0 Å². The van der Waals surface area contributed by atoms with E-state index in [1.165, 1.54) is 37.0 Å². The lowest BCUT2D eigenvalue weighted by Gasteiger charge is -2.34.